The topological polar surface area (TPSA) is 67.9 Å². The molecule has 6 nitrogen and oxygen atoms in total. The van der Waals surface area contributed by atoms with Crippen molar-refractivity contribution in [1.82, 2.24) is 4.90 Å². The van der Waals surface area contributed by atoms with Crippen LogP contribution in [0.1, 0.15) is 35.4 Å². The highest BCUT2D eigenvalue weighted by Gasteiger charge is 2.74. The molecule has 6 rings (SSSR count). The van der Waals surface area contributed by atoms with Gasteiger partial charge in [0.05, 0.1) is 19.6 Å². The van der Waals surface area contributed by atoms with E-state index in [-0.39, 0.29) is 17.6 Å². The number of nitrogens with one attached hydrogen (secondary N) is 1. The van der Waals surface area contributed by atoms with Crippen molar-refractivity contribution in [3.63, 3.8) is 0 Å². The number of hydrogen-bond acceptors (Lipinski definition) is 5. The molecule has 3 atom stereocenters. The Balaban J connectivity index is 1.53. The Hall–Kier alpha value is -3.90. The monoisotopic (exact) mass is 494 g/mol. The fraction of sp³-hybridized carbons (Fsp3) is 0.290. The number of benzene rings is 3. The maximum atomic E-state index is 14.7. The van der Waals surface area contributed by atoms with Crippen LogP contribution in [0.25, 0.3) is 6.08 Å². The van der Waals surface area contributed by atoms with E-state index in [0.29, 0.717) is 19.4 Å². The Labute approximate surface area is 216 Å². The summed E-state index contributed by atoms with van der Waals surface area (Å²) in [6.45, 7) is 0.593. The van der Waals surface area contributed by atoms with Crippen LogP contribution >= 0.6 is 0 Å². The number of likely N-dealkylation sites (tertiary alicyclic amines) is 1. The Morgan fingerprint density at radius 3 is 2.24 bits per heavy atom. The maximum absolute atomic E-state index is 14.7. The fourth-order valence-electron chi connectivity index (χ4n) is 7.01. The van der Waals surface area contributed by atoms with Crippen molar-refractivity contribution < 1.29 is 19.1 Å². The van der Waals surface area contributed by atoms with Crippen LogP contribution in [0, 0.1) is 5.41 Å². The molecular formula is C31H30N2O4. The van der Waals surface area contributed by atoms with E-state index in [9.17, 15) is 9.59 Å². The summed E-state index contributed by atoms with van der Waals surface area (Å²) in [7, 11) is 5.26. The van der Waals surface area contributed by atoms with E-state index in [4.69, 9.17) is 9.47 Å². The van der Waals surface area contributed by atoms with E-state index < -0.39 is 11.0 Å². The minimum Gasteiger partial charge on any atom is -0.497 e. The zero-order chi connectivity index (χ0) is 25.8. The van der Waals surface area contributed by atoms with Gasteiger partial charge in [-0.05, 0) is 73.0 Å². The highest BCUT2D eigenvalue weighted by molar-refractivity contribution is 6.16. The number of ketones is 1. The number of likely N-dealkylation sites (N-methyl/N-ethyl adjacent to an activating group) is 1. The van der Waals surface area contributed by atoms with Crippen LogP contribution in [-0.2, 0) is 15.1 Å². The third-order valence-electron chi connectivity index (χ3n) is 8.62. The first kappa shape index (κ1) is 23.5. The summed E-state index contributed by atoms with van der Waals surface area (Å²) in [5.41, 5.74) is 2.40. The summed E-state index contributed by atoms with van der Waals surface area (Å²) < 4.78 is 10.7. The molecule has 3 aromatic carbocycles. The van der Waals surface area contributed by atoms with Crippen LogP contribution in [0.5, 0.6) is 11.5 Å². The molecule has 6 heteroatoms. The van der Waals surface area contributed by atoms with Gasteiger partial charge in [0.15, 0.2) is 5.78 Å². The van der Waals surface area contributed by atoms with Crippen molar-refractivity contribution >= 4 is 23.5 Å². The highest BCUT2D eigenvalue weighted by Crippen LogP contribution is 2.67. The summed E-state index contributed by atoms with van der Waals surface area (Å²) in [5.74, 6) is 1.31. The number of hydrogen-bond donors (Lipinski definition) is 1. The molecule has 1 saturated heterocycles. The average molecular weight is 495 g/mol. The lowest BCUT2D eigenvalue weighted by atomic mass is 9.59. The predicted molar refractivity (Wildman–Crippen MR) is 143 cm³/mol. The molecule has 2 heterocycles. The number of anilines is 1. The molecule has 2 spiro atoms. The quantitative estimate of drug-likeness (QED) is 0.517. The molecule has 1 saturated carbocycles. The van der Waals surface area contributed by atoms with E-state index in [2.05, 4.69) is 10.2 Å². The summed E-state index contributed by atoms with van der Waals surface area (Å²) >= 11 is 0. The number of fused-ring (bicyclic) bond motifs is 3. The third kappa shape index (κ3) is 3.15. The molecule has 1 N–H and O–H groups in total. The Kier molecular flexibility index (Phi) is 5.46. The van der Waals surface area contributed by atoms with E-state index in [1.807, 2.05) is 85.9 Å². The number of amides is 1. The predicted octanol–water partition coefficient (Wildman–Crippen LogP) is 5.01. The van der Waals surface area contributed by atoms with Crippen LogP contribution < -0.4 is 14.8 Å². The second-order valence-corrected chi connectivity index (χ2v) is 10.2. The minimum atomic E-state index is -1.08. The summed E-state index contributed by atoms with van der Waals surface area (Å²) in [6.07, 6.45) is 3.19. The van der Waals surface area contributed by atoms with Crippen LogP contribution in [0.2, 0.25) is 0 Å². The smallest absolute Gasteiger partial charge is 0.250 e. The molecular weight excluding hydrogens is 464 g/mol. The lowest BCUT2D eigenvalue weighted by Crippen LogP contribution is -2.57. The maximum Gasteiger partial charge on any atom is 0.250 e. The van der Waals surface area contributed by atoms with Gasteiger partial charge in [0.2, 0.25) is 0 Å². The number of carbonyl (C=O) groups is 2. The average Bonchev–Trinajstić information content (AvgIpc) is 3.51. The standard InChI is InChI=1S/C31H30N2O4/c1-33-19-26(21-10-14-24(37-3)15-11-21)30(31(33)25-6-4-5-7-27(25)32-29(31)35)17-16-22(28(30)34)18-20-8-12-23(36-2)13-9-20/h4-15,18,26H,16-17,19H2,1-3H3,(H,32,35)/b22-18+. The molecule has 188 valence electrons. The SMILES string of the molecule is COc1ccc(/C=C2\CCC3(C2=O)C(c2ccc(OC)cc2)CN(C)C32C(=O)Nc3ccccc32)cc1. The number of Topliss-reactive ketones (excluding diaryl/α,β-unsaturated/α-hetero) is 1. The van der Waals surface area contributed by atoms with E-state index in [0.717, 1.165) is 39.4 Å². The number of para-hydroxylation sites is 1. The van der Waals surface area contributed by atoms with Gasteiger partial charge in [-0.25, -0.2) is 0 Å². The number of allylic oxidation sites excluding steroid dienone is 1. The van der Waals surface area contributed by atoms with Gasteiger partial charge in [0, 0.05) is 23.7 Å². The normalized spacial score (nSPS) is 27.8. The van der Waals surface area contributed by atoms with Gasteiger partial charge in [-0.15, -0.1) is 0 Å². The molecule has 3 aliphatic rings. The molecule has 0 bridgehead atoms. The molecule has 1 amide bonds. The van der Waals surface area contributed by atoms with Gasteiger partial charge in [0.25, 0.3) is 5.91 Å². The molecule has 3 unspecified atom stereocenters. The van der Waals surface area contributed by atoms with E-state index >= 15 is 0 Å². The van der Waals surface area contributed by atoms with E-state index in [1.165, 1.54) is 0 Å². The van der Waals surface area contributed by atoms with E-state index in [1.54, 1.807) is 14.2 Å². The Morgan fingerprint density at radius 1 is 0.919 bits per heavy atom. The lowest BCUT2D eigenvalue weighted by Gasteiger charge is -2.43. The molecule has 3 aromatic rings. The zero-order valence-electron chi connectivity index (χ0n) is 21.3. The van der Waals surface area contributed by atoms with Crippen LogP contribution in [0.3, 0.4) is 0 Å². The second kappa shape index (κ2) is 8.60. The van der Waals surface area contributed by atoms with Crippen molar-refractivity contribution in [1.29, 1.82) is 0 Å². The minimum absolute atomic E-state index is 0.0559. The molecule has 0 aromatic heterocycles. The van der Waals surface area contributed by atoms with Gasteiger partial charge < -0.3 is 14.8 Å². The highest BCUT2D eigenvalue weighted by atomic mass is 16.5. The zero-order valence-corrected chi connectivity index (χ0v) is 21.3. The number of ether oxygens (including phenoxy) is 2. The number of methoxy groups -OCH3 is 2. The first-order chi connectivity index (χ1) is 17.9. The van der Waals surface area contributed by atoms with Crippen molar-refractivity contribution in [3.05, 3.63) is 95.1 Å². The van der Waals surface area contributed by atoms with Crippen LogP contribution in [0.4, 0.5) is 5.69 Å². The Morgan fingerprint density at radius 2 is 1.57 bits per heavy atom. The van der Waals surface area contributed by atoms with Crippen molar-refractivity contribution in [2.45, 2.75) is 24.3 Å². The summed E-state index contributed by atoms with van der Waals surface area (Å²) in [4.78, 5) is 30.8. The van der Waals surface area contributed by atoms with Gasteiger partial charge in [0.1, 0.15) is 17.0 Å². The number of rotatable bonds is 4. The summed E-state index contributed by atoms with van der Waals surface area (Å²) in [5, 5.41) is 3.11. The van der Waals surface area contributed by atoms with Gasteiger partial charge in [-0.1, -0.05) is 42.5 Å². The molecule has 1 aliphatic carbocycles. The second-order valence-electron chi connectivity index (χ2n) is 10.2. The van der Waals surface area contributed by atoms with Crippen molar-refractivity contribution in [2.24, 2.45) is 5.41 Å². The number of carbonyl (C=O) groups excluding carboxylic acids is 2. The van der Waals surface area contributed by atoms with Crippen LogP contribution in [-0.4, -0.2) is 44.4 Å². The van der Waals surface area contributed by atoms with Gasteiger partial charge in [-0.3, -0.25) is 14.5 Å². The lowest BCUT2D eigenvalue weighted by molar-refractivity contribution is -0.141. The molecule has 0 radical (unpaired) electrons. The van der Waals surface area contributed by atoms with Crippen LogP contribution in [0.15, 0.2) is 78.4 Å². The van der Waals surface area contributed by atoms with Gasteiger partial charge >= 0.3 is 0 Å². The van der Waals surface area contributed by atoms with Gasteiger partial charge in [-0.2, -0.15) is 0 Å². The summed E-state index contributed by atoms with van der Waals surface area (Å²) in [6, 6.07) is 23.5. The fourth-order valence-corrected chi connectivity index (χ4v) is 7.01. The molecule has 2 fully saturated rings. The van der Waals surface area contributed by atoms with Crippen molar-refractivity contribution in [3.8, 4) is 11.5 Å². The molecule has 2 aliphatic heterocycles. The largest absolute Gasteiger partial charge is 0.497 e. The Bertz CT molecular complexity index is 1410. The number of nitrogens with zero attached hydrogens (tertiary/aromatic N) is 1. The molecule has 37 heavy (non-hydrogen) atoms. The first-order valence-electron chi connectivity index (χ1n) is 12.6. The first-order valence-corrected chi connectivity index (χ1v) is 12.6. The van der Waals surface area contributed by atoms with Crippen molar-refractivity contribution in [2.75, 3.05) is 33.1 Å². The third-order valence-corrected chi connectivity index (χ3v) is 8.62.